The van der Waals surface area contributed by atoms with Crippen molar-refractivity contribution in [2.75, 3.05) is 5.32 Å². The van der Waals surface area contributed by atoms with Gasteiger partial charge in [0.1, 0.15) is 17.4 Å². The van der Waals surface area contributed by atoms with Crippen molar-refractivity contribution < 1.29 is 13.9 Å². The lowest BCUT2D eigenvalue weighted by atomic mass is 10.1. The minimum Gasteiger partial charge on any atom is -0.506 e. The van der Waals surface area contributed by atoms with Gasteiger partial charge in [0.15, 0.2) is 0 Å². The number of anilines is 1. The fourth-order valence-corrected chi connectivity index (χ4v) is 1.82. The van der Waals surface area contributed by atoms with E-state index in [1.807, 2.05) is 0 Å². The molecule has 2 N–H and O–H groups in total. The number of hydrogen-bond acceptors (Lipinski definition) is 3. The molecule has 20 heavy (non-hydrogen) atoms. The number of halogens is 3. The Balaban J connectivity index is 2.19. The van der Waals surface area contributed by atoms with Crippen LogP contribution in [0.3, 0.4) is 0 Å². The van der Waals surface area contributed by atoms with Gasteiger partial charge in [-0.05, 0) is 30.3 Å². The lowest BCUT2D eigenvalue weighted by Gasteiger charge is -2.09. The van der Waals surface area contributed by atoms with E-state index in [9.17, 15) is 13.9 Å². The Morgan fingerprint density at radius 1 is 1.20 bits per heavy atom. The van der Waals surface area contributed by atoms with Crippen LogP contribution in [-0.4, -0.2) is 5.11 Å². The smallest absolute Gasteiger partial charge is 0.134 e. The molecule has 2 rings (SSSR count). The van der Waals surface area contributed by atoms with Crippen LogP contribution in [0.2, 0.25) is 5.02 Å². The van der Waals surface area contributed by atoms with Gasteiger partial charge < -0.3 is 10.4 Å². The summed E-state index contributed by atoms with van der Waals surface area (Å²) in [6, 6.07) is 7.97. The molecule has 6 heteroatoms. The Hall–Kier alpha value is -2.32. The van der Waals surface area contributed by atoms with Gasteiger partial charge in [0.25, 0.3) is 0 Å². The van der Waals surface area contributed by atoms with Crippen LogP contribution in [0.1, 0.15) is 11.1 Å². The van der Waals surface area contributed by atoms with Gasteiger partial charge in [0.05, 0.1) is 16.7 Å². The maximum atomic E-state index is 13.6. The van der Waals surface area contributed by atoms with Crippen LogP contribution in [0.25, 0.3) is 0 Å². The van der Waals surface area contributed by atoms with Crippen LogP contribution < -0.4 is 5.32 Å². The first-order valence-electron chi connectivity index (χ1n) is 5.61. The molecule has 0 aromatic heterocycles. The van der Waals surface area contributed by atoms with Crippen LogP contribution in [0.15, 0.2) is 30.3 Å². The Bertz CT molecular complexity index is 675. The Morgan fingerprint density at radius 2 is 1.85 bits per heavy atom. The highest BCUT2D eigenvalue weighted by atomic mass is 35.5. The molecular formula is C14H9ClF2N2O. The van der Waals surface area contributed by atoms with E-state index in [-0.39, 0.29) is 28.4 Å². The largest absolute Gasteiger partial charge is 0.506 e. The molecule has 0 aliphatic carbocycles. The van der Waals surface area contributed by atoms with Gasteiger partial charge in [-0.15, -0.1) is 0 Å². The molecule has 0 radical (unpaired) electrons. The first-order valence-corrected chi connectivity index (χ1v) is 5.99. The molecule has 0 saturated carbocycles. The van der Waals surface area contributed by atoms with E-state index in [0.717, 1.165) is 12.1 Å². The maximum absolute atomic E-state index is 13.6. The van der Waals surface area contributed by atoms with Crippen LogP contribution in [-0.2, 0) is 6.54 Å². The van der Waals surface area contributed by atoms with E-state index < -0.39 is 11.6 Å². The minimum absolute atomic E-state index is 0.0728. The van der Waals surface area contributed by atoms with Crippen molar-refractivity contribution in [2.24, 2.45) is 0 Å². The van der Waals surface area contributed by atoms with Crippen molar-refractivity contribution in [2.45, 2.75) is 6.54 Å². The van der Waals surface area contributed by atoms with Crippen molar-refractivity contribution in [3.05, 3.63) is 58.1 Å². The molecule has 0 unspecified atom stereocenters. The molecule has 3 nitrogen and oxygen atoms in total. The summed E-state index contributed by atoms with van der Waals surface area (Å²) in [7, 11) is 0. The topological polar surface area (TPSA) is 56.0 Å². The van der Waals surface area contributed by atoms with Crippen LogP contribution in [0.5, 0.6) is 5.75 Å². The average molecular weight is 295 g/mol. The summed E-state index contributed by atoms with van der Waals surface area (Å²) in [6.07, 6.45) is 0. The molecule has 0 saturated heterocycles. The second-order valence-corrected chi connectivity index (χ2v) is 4.46. The fourth-order valence-electron chi connectivity index (χ4n) is 1.64. The van der Waals surface area contributed by atoms with E-state index in [1.165, 1.54) is 18.2 Å². The number of nitrogens with zero attached hydrogens (tertiary/aromatic N) is 1. The van der Waals surface area contributed by atoms with E-state index >= 15 is 0 Å². The lowest BCUT2D eigenvalue weighted by molar-refractivity contribution is 0.475. The zero-order chi connectivity index (χ0) is 14.7. The molecule has 2 aromatic rings. The van der Waals surface area contributed by atoms with Crippen molar-refractivity contribution in [3.63, 3.8) is 0 Å². The molecule has 0 spiro atoms. The highest BCUT2D eigenvalue weighted by Gasteiger charge is 2.11. The summed E-state index contributed by atoms with van der Waals surface area (Å²) in [5.41, 5.74) is 0.264. The van der Waals surface area contributed by atoms with Crippen molar-refractivity contribution in [3.8, 4) is 11.8 Å². The predicted octanol–water partition coefficient (Wildman–Crippen LogP) is 3.81. The summed E-state index contributed by atoms with van der Waals surface area (Å²) < 4.78 is 27.3. The third kappa shape index (κ3) is 2.98. The standard InChI is InChI=1S/C14H9ClF2N2O/c15-11-5-9(1-2-14(11)20)19-7-10-12(16)3-8(6-18)4-13(10)17/h1-5,19-20H,7H2. The highest BCUT2D eigenvalue weighted by Crippen LogP contribution is 2.26. The number of hydrogen-bond donors (Lipinski definition) is 2. The predicted molar refractivity (Wildman–Crippen MR) is 71.5 cm³/mol. The van der Waals surface area contributed by atoms with Gasteiger partial charge >= 0.3 is 0 Å². The average Bonchev–Trinajstić information content (AvgIpc) is 2.41. The van der Waals surface area contributed by atoms with Crippen molar-refractivity contribution in [1.82, 2.24) is 0 Å². The molecule has 2 aromatic carbocycles. The zero-order valence-electron chi connectivity index (χ0n) is 10.1. The monoisotopic (exact) mass is 294 g/mol. The molecule has 0 amide bonds. The SMILES string of the molecule is N#Cc1cc(F)c(CNc2ccc(O)c(Cl)c2)c(F)c1. The molecule has 0 heterocycles. The minimum atomic E-state index is -0.793. The van der Waals surface area contributed by atoms with E-state index in [4.69, 9.17) is 16.9 Å². The van der Waals surface area contributed by atoms with Gasteiger partial charge in [-0.2, -0.15) is 5.26 Å². The normalized spacial score (nSPS) is 10.1. The van der Waals surface area contributed by atoms with E-state index in [1.54, 1.807) is 6.07 Å². The number of phenols is 1. The first-order chi connectivity index (χ1) is 9.51. The summed E-state index contributed by atoms with van der Waals surface area (Å²) in [4.78, 5) is 0. The third-order valence-corrected chi connectivity index (χ3v) is 2.99. The molecule has 0 atom stereocenters. The quantitative estimate of drug-likeness (QED) is 0.846. The van der Waals surface area contributed by atoms with Gasteiger partial charge in [0, 0.05) is 17.8 Å². The fraction of sp³-hybridized carbons (Fsp3) is 0.0714. The van der Waals surface area contributed by atoms with E-state index in [2.05, 4.69) is 5.32 Å². The number of nitrogens with one attached hydrogen (secondary N) is 1. The molecule has 0 aliphatic rings. The maximum Gasteiger partial charge on any atom is 0.134 e. The number of aromatic hydroxyl groups is 1. The summed E-state index contributed by atoms with van der Waals surface area (Å²) in [5.74, 6) is -1.66. The lowest BCUT2D eigenvalue weighted by Crippen LogP contribution is -2.05. The summed E-state index contributed by atoms with van der Waals surface area (Å²) in [5, 5.41) is 20.8. The third-order valence-electron chi connectivity index (χ3n) is 2.69. The Morgan fingerprint density at radius 3 is 2.40 bits per heavy atom. The van der Waals surface area contributed by atoms with Crippen molar-refractivity contribution in [1.29, 1.82) is 5.26 Å². The summed E-state index contributed by atoms with van der Waals surface area (Å²) in [6.45, 7) is -0.107. The second kappa shape index (κ2) is 5.76. The molecule has 0 aliphatic heterocycles. The second-order valence-electron chi connectivity index (χ2n) is 4.05. The van der Waals surface area contributed by atoms with Gasteiger partial charge in [-0.3, -0.25) is 0 Å². The van der Waals surface area contributed by atoms with Gasteiger partial charge in [-0.1, -0.05) is 11.6 Å². The van der Waals surface area contributed by atoms with Gasteiger partial charge in [-0.25, -0.2) is 8.78 Å². The van der Waals surface area contributed by atoms with Crippen molar-refractivity contribution >= 4 is 17.3 Å². The molecule has 102 valence electrons. The number of nitriles is 1. The van der Waals surface area contributed by atoms with Crippen LogP contribution >= 0.6 is 11.6 Å². The van der Waals surface area contributed by atoms with Gasteiger partial charge in [0.2, 0.25) is 0 Å². The number of benzene rings is 2. The molecule has 0 bridgehead atoms. The summed E-state index contributed by atoms with van der Waals surface area (Å²) >= 11 is 5.72. The highest BCUT2D eigenvalue weighted by molar-refractivity contribution is 6.32. The Kier molecular flexibility index (Phi) is 4.06. The number of phenolic OH excluding ortho intramolecular Hbond substituents is 1. The Labute approximate surface area is 119 Å². The number of rotatable bonds is 3. The first kappa shape index (κ1) is 14.1. The zero-order valence-corrected chi connectivity index (χ0v) is 10.9. The molecule has 0 fully saturated rings. The van der Waals surface area contributed by atoms with Crippen LogP contribution in [0.4, 0.5) is 14.5 Å². The molecular weight excluding hydrogens is 286 g/mol. The van der Waals surface area contributed by atoms with Crippen LogP contribution in [0, 0.1) is 23.0 Å². The van der Waals surface area contributed by atoms with E-state index in [0.29, 0.717) is 5.69 Å².